The number of ether oxygens (including phenoxy) is 1. The molecule has 84 valence electrons. The van der Waals surface area contributed by atoms with Crippen molar-refractivity contribution in [1.82, 2.24) is 0 Å². The van der Waals surface area contributed by atoms with Gasteiger partial charge < -0.3 is 4.74 Å². The van der Waals surface area contributed by atoms with Crippen LogP contribution in [-0.2, 0) is 16.1 Å². The molecule has 0 N–H and O–H groups in total. The number of anilines is 1. The maximum Gasteiger partial charge on any atom is 0.243 e. The Morgan fingerprint density at radius 1 is 1.44 bits per heavy atom. The summed E-state index contributed by atoms with van der Waals surface area (Å²) in [6.07, 6.45) is 0. The van der Waals surface area contributed by atoms with Gasteiger partial charge in [-0.3, -0.25) is 9.69 Å². The molecule has 1 aromatic rings. The van der Waals surface area contributed by atoms with E-state index in [0.29, 0.717) is 16.7 Å². The molecule has 0 bridgehead atoms. The van der Waals surface area contributed by atoms with Crippen LogP contribution in [0, 0.1) is 0 Å². The highest BCUT2D eigenvalue weighted by Crippen LogP contribution is 2.26. The first-order chi connectivity index (χ1) is 7.72. The highest BCUT2D eigenvalue weighted by atomic mass is 32.2. The van der Waals surface area contributed by atoms with Gasteiger partial charge in [0, 0.05) is 7.11 Å². The molecule has 2 rings (SSSR count). The molecule has 1 aromatic carbocycles. The largest absolute Gasteiger partial charge is 0.380 e. The molecule has 0 saturated carbocycles. The van der Waals surface area contributed by atoms with Crippen LogP contribution in [0.15, 0.2) is 24.3 Å². The van der Waals surface area contributed by atoms with Crippen LogP contribution in [0.4, 0.5) is 5.69 Å². The molecule has 0 unspecified atom stereocenters. The first kappa shape index (κ1) is 11.6. The number of carbonyl (C=O) groups excluding carboxylic acids is 1. The molecule has 0 radical (unpaired) electrons. The summed E-state index contributed by atoms with van der Waals surface area (Å²) in [6.45, 7) is 0.577. The molecule has 1 aliphatic heterocycles. The minimum atomic E-state index is 0.0505. The third kappa shape index (κ3) is 2.26. The van der Waals surface area contributed by atoms with Crippen LogP contribution in [0.5, 0.6) is 0 Å². The van der Waals surface area contributed by atoms with Crippen molar-refractivity contribution in [3.8, 4) is 0 Å². The second-order valence-corrected chi connectivity index (χ2v) is 4.99. The molecule has 0 aliphatic carbocycles. The van der Waals surface area contributed by atoms with Crippen molar-refractivity contribution >= 4 is 39.9 Å². The summed E-state index contributed by atoms with van der Waals surface area (Å²) in [6, 6.07) is 7.67. The van der Waals surface area contributed by atoms with Gasteiger partial charge in [-0.25, -0.2) is 0 Å². The average molecular weight is 253 g/mol. The summed E-state index contributed by atoms with van der Waals surface area (Å²) in [7, 11) is 1.66. The second-order valence-electron chi connectivity index (χ2n) is 3.38. The van der Waals surface area contributed by atoms with Crippen molar-refractivity contribution in [3.63, 3.8) is 0 Å². The zero-order chi connectivity index (χ0) is 11.5. The van der Waals surface area contributed by atoms with Crippen molar-refractivity contribution in [2.45, 2.75) is 6.61 Å². The number of hydrogen-bond acceptors (Lipinski definition) is 4. The van der Waals surface area contributed by atoms with Crippen LogP contribution in [0.25, 0.3) is 0 Å². The van der Waals surface area contributed by atoms with Gasteiger partial charge in [-0.2, -0.15) is 0 Å². The number of thioether (sulfide) groups is 1. The summed E-state index contributed by atoms with van der Waals surface area (Å²) in [5.74, 6) is 0.494. The van der Waals surface area contributed by atoms with Crippen LogP contribution >= 0.6 is 24.0 Å². The Morgan fingerprint density at radius 2 is 2.12 bits per heavy atom. The van der Waals surface area contributed by atoms with Gasteiger partial charge in [-0.05, 0) is 17.7 Å². The first-order valence-corrected chi connectivity index (χ1v) is 6.19. The number of amides is 1. The molecular weight excluding hydrogens is 242 g/mol. The summed E-state index contributed by atoms with van der Waals surface area (Å²) in [4.78, 5) is 13.2. The van der Waals surface area contributed by atoms with Gasteiger partial charge in [-0.15, -0.1) is 0 Å². The fourth-order valence-electron chi connectivity index (χ4n) is 1.51. The number of benzene rings is 1. The van der Waals surface area contributed by atoms with Gasteiger partial charge in [0.1, 0.15) is 4.32 Å². The van der Waals surface area contributed by atoms with Crippen molar-refractivity contribution < 1.29 is 9.53 Å². The Balaban J connectivity index is 2.21. The van der Waals surface area contributed by atoms with Crippen LogP contribution in [0.2, 0.25) is 0 Å². The second kappa shape index (κ2) is 4.95. The Kier molecular flexibility index (Phi) is 3.58. The summed E-state index contributed by atoms with van der Waals surface area (Å²) in [5, 5.41) is 0. The quantitative estimate of drug-likeness (QED) is 0.772. The lowest BCUT2D eigenvalue weighted by molar-refractivity contribution is -0.115. The Bertz CT molecular complexity index is 400. The van der Waals surface area contributed by atoms with Gasteiger partial charge in [0.2, 0.25) is 5.91 Å². The summed E-state index contributed by atoms with van der Waals surface area (Å²) < 4.78 is 5.65. The number of nitrogens with zero attached hydrogens (tertiary/aromatic N) is 1. The Hall–Kier alpha value is -0.910. The highest BCUT2D eigenvalue weighted by molar-refractivity contribution is 8.24. The number of hydrogen-bond donors (Lipinski definition) is 0. The van der Waals surface area contributed by atoms with Crippen LogP contribution in [0.1, 0.15) is 5.56 Å². The lowest BCUT2D eigenvalue weighted by atomic mass is 10.2. The van der Waals surface area contributed by atoms with E-state index in [0.717, 1.165) is 11.3 Å². The zero-order valence-electron chi connectivity index (χ0n) is 8.80. The molecule has 1 aliphatic rings. The smallest absolute Gasteiger partial charge is 0.243 e. The van der Waals surface area contributed by atoms with E-state index in [1.807, 2.05) is 24.3 Å². The number of carbonyl (C=O) groups is 1. The molecule has 0 atom stereocenters. The normalized spacial score (nSPS) is 15.9. The molecule has 16 heavy (non-hydrogen) atoms. The lowest BCUT2D eigenvalue weighted by Gasteiger charge is -2.15. The molecular formula is C11H11NO2S2. The van der Waals surface area contributed by atoms with Gasteiger partial charge in [-0.1, -0.05) is 36.1 Å². The van der Waals surface area contributed by atoms with Crippen molar-refractivity contribution in [1.29, 1.82) is 0 Å². The van der Waals surface area contributed by atoms with Crippen LogP contribution in [-0.4, -0.2) is 23.1 Å². The average Bonchev–Trinajstić information content (AvgIpc) is 2.61. The fourth-order valence-corrected chi connectivity index (χ4v) is 2.61. The third-order valence-corrected chi connectivity index (χ3v) is 3.61. The number of methoxy groups -OCH3 is 1. The molecule has 1 heterocycles. The van der Waals surface area contributed by atoms with Gasteiger partial charge >= 0.3 is 0 Å². The summed E-state index contributed by atoms with van der Waals surface area (Å²) >= 11 is 6.53. The first-order valence-electron chi connectivity index (χ1n) is 4.80. The molecule has 0 aromatic heterocycles. The van der Waals surface area contributed by atoms with Gasteiger partial charge in [0.05, 0.1) is 18.0 Å². The van der Waals surface area contributed by atoms with Crippen molar-refractivity contribution in [3.05, 3.63) is 29.8 Å². The maximum atomic E-state index is 11.6. The minimum Gasteiger partial charge on any atom is -0.380 e. The summed E-state index contributed by atoms with van der Waals surface area (Å²) in [5.41, 5.74) is 1.91. The lowest BCUT2D eigenvalue weighted by Crippen LogP contribution is -2.27. The van der Waals surface area contributed by atoms with E-state index >= 15 is 0 Å². The van der Waals surface area contributed by atoms with E-state index in [1.165, 1.54) is 11.8 Å². The zero-order valence-corrected chi connectivity index (χ0v) is 10.4. The fraction of sp³-hybridized carbons (Fsp3) is 0.273. The molecule has 1 fully saturated rings. The molecule has 1 amide bonds. The van der Waals surface area contributed by atoms with E-state index in [-0.39, 0.29) is 5.91 Å². The molecule has 3 nitrogen and oxygen atoms in total. The van der Waals surface area contributed by atoms with E-state index in [2.05, 4.69) is 0 Å². The van der Waals surface area contributed by atoms with E-state index in [4.69, 9.17) is 17.0 Å². The van der Waals surface area contributed by atoms with Crippen molar-refractivity contribution in [2.75, 3.05) is 17.8 Å². The number of rotatable bonds is 3. The number of thiocarbonyl (C=S) groups is 1. The molecule has 5 heteroatoms. The highest BCUT2D eigenvalue weighted by Gasteiger charge is 2.27. The molecule has 1 saturated heterocycles. The predicted molar refractivity (Wildman–Crippen MR) is 69.7 cm³/mol. The van der Waals surface area contributed by atoms with Crippen molar-refractivity contribution in [2.24, 2.45) is 0 Å². The maximum absolute atomic E-state index is 11.6. The monoisotopic (exact) mass is 253 g/mol. The molecule has 0 spiro atoms. The predicted octanol–water partition coefficient (Wildman–Crippen LogP) is 2.20. The Morgan fingerprint density at radius 3 is 2.62 bits per heavy atom. The van der Waals surface area contributed by atoms with E-state index in [1.54, 1.807) is 12.0 Å². The topological polar surface area (TPSA) is 29.5 Å². The van der Waals surface area contributed by atoms with E-state index < -0.39 is 0 Å². The van der Waals surface area contributed by atoms with Gasteiger partial charge in [0.25, 0.3) is 0 Å². The van der Waals surface area contributed by atoms with Crippen LogP contribution < -0.4 is 4.90 Å². The SMILES string of the molecule is COCc1ccc(N2C(=O)CSC2=S)cc1. The Labute approximate surface area is 104 Å². The standard InChI is InChI=1S/C11H11NO2S2/c1-14-6-8-2-4-9(5-3-8)12-10(13)7-16-11(12)15/h2-5H,6-7H2,1H3. The van der Waals surface area contributed by atoms with Gasteiger partial charge in [0.15, 0.2) is 0 Å². The van der Waals surface area contributed by atoms with Crippen LogP contribution in [0.3, 0.4) is 0 Å². The third-order valence-electron chi connectivity index (χ3n) is 2.26. The van der Waals surface area contributed by atoms with E-state index in [9.17, 15) is 4.79 Å². The minimum absolute atomic E-state index is 0.0505.